The van der Waals surface area contributed by atoms with E-state index in [1.54, 1.807) is 19.1 Å². The second-order valence-corrected chi connectivity index (χ2v) is 4.97. The van der Waals surface area contributed by atoms with Gasteiger partial charge in [0.25, 0.3) is 0 Å². The molecule has 0 aliphatic heterocycles. The molecular weight excluding hydrogens is 254 g/mol. The summed E-state index contributed by atoms with van der Waals surface area (Å²) in [7, 11) is 0. The average Bonchev–Trinajstić information content (AvgIpc) is 2.33. The van der Waals surface area contributed by atoms with Gasteiger partial charge >= 0.3 is 0 Å². The van der Waals surface area contributed by atoms with Gasteiger partial charge in [-0.25, -0.2) is 8.78 Å². The predicted molar refractivity (Wildman–Crippen MR) is 67.6 cm³/mol. The van der Waals surface area contributed by atoms with Crippen molar-refractivity contribution in [3.05, 3.63) is 59.7 Å². The van der Waals surface area contributed by atoms with Crippen molar-refractivity contribution in [3.8, 4) is 0 Å². The maximum Gasteiger partial charge on any atom is 0.140 e. The van der Waals surface area contributed by atoms with E-state index in [1.165, 1.54) is 23.9 Å². The fourth-order valence-electron chi connectivity index (χ4n) is 1.60. The standard InChI is InChI=1S/C14H12F2OS/c1-9(17)11-4-2-3-5-13(11)18-14-7-6-10(15)8-12(14)16/h2-9,17H,1H3. The van der Waals surface area contributed by atoms with E-state index in [1.807, 2.05) is 12.1 Å². The lowest BCUT2D eigenvalue weighted by atomic mass is 10.1. The van der Waals surface area contributed by atoms with Crippen LogP contribution in [0.4, 0.5) is 8.78 Å². The van der Waals surface area contributed by atoms with Gasteiger partial charge in [0, 0.05) is 15.9 Å². The molecule has 2 aromatic rings. The van der Waals surface area contributed by atoms with Crippen LogP contribution in [0.1, 0.15) is 18.6 Å². The van der Waals surface area contributed by atoms with Crippen molar-refractivity contribution < 1.29 is 13.9 Å². The number of aliphatic hydroxyl groups is 1. The van der Waals surface area contributed by atoms with Crippen LogP contribution in [-0.4, -0.2) is 5.11 Å². The van der Waals surface area contributed by atoms with Crippen LogP contribution in [0.3, 0.4) is 0 Å². The van der Waals surface area contributed by atoms with Crippen LogP contribution in [0.2, 0.25) is 0 Å². The zero-order chi connectivity index (χ0) is 13.1. The van der Waals surface area contributed by atoms with Crippen molar-refractivity contribution >= 4 is 11.8 Å². The highest BCUT2D eigenvalue weighted by atomic mass is 32.2. The van der Waals surface area contributed by atoms with Gasteiger partial charge in [-0.15, -0.1) is 0 Å². The highest BCUT2D eigenvalue weighted by Gasteiger charge is 2.11. The van der Waals surface area contributed by atoms with Gasteiger partial charge in [-0.05, 0) is 30.7 Å². The van der Waals surface area contributed by atoms with E-state index in [4.69, 9.17) is 0 Å². The smallest absolute Gasteiger partial charge is 0.140 e. The first kappa shape index (κ1) is 13.1. The van der Waals surface area contributed by atoms with Gasteiger partial charge in [0.2, 0.25) is 0 Å². The molecule has 0 aliphatic rings. The van der Waals surface area contributed by atoms with Crippen molar-refractivity contribution in [1.29, 1.82) is 0 Å². The minimum Gasteiger partial charge on any atom is -0.389 e. The molecule has 18 heavy (non-hydrogen) atoms. The Bertz CT molecular complexity index is 555. The molecule has 94 valence electrons. The lowest BCUT2D eigenvalue weighted by Gasteiger charge is -2.11. The molecule has 0 bridgehead atoms. The van der Waals surface area contributed by atoms with Crippen molar-refractivity contribution in [1.82, 2.24) is 0 Å². The molecule has 0 fully saturated rings. The topological polar surface area (TPSA) is 20.2 Å². The van der Waals surface area contributed by atoms with E-state index in [0.29, 0.717) is 4.90 Å². The van der Waals surface area contributed by atoms with Gasteiger partial charge in [-0.1, -0.05) is 30.0 Å². The van der Waals surface area contributed by atoms with E-state index in [0.717, 1.165) is 16.5 Å². The van der Waals surface area contributed by atoms with E-state index < -0.39 is 17.7 Å². The van der Waals surface area contributed by atoms with E-state index in [9.17, 15) is 13.9 Å². The van der Waals surface area contributed by atoms with Crippen LogP contribution in [0.5, 0.6) is 0 Å². The van der Waals surface area contributed by atoms with Gasteiger partial charge in [-0.2, -0.15) is 0 Å². The summed E-state index contributed by atoms with van der Waals surface area (Å²) >= 11 is 1.18. The van der Waals surface area contributed by atoms with E-state index >= 15 is 0 Å². The summed E-state index contributed by atoms with van der Waals surface area (Å²) in [6.45, 7) is 1.65. The van der Waals surface area contributed by atoms with Crippen LogP contribution >= 0.6 is 11.8 Å². The third-order valence-electron chi connectivity index (χ3n) is 2.48. The van der Waals surface area contributed by atoms with Crippen molar-refractivity contribution in [3.63, 3.8) is 0 Å². The number of hydrogen-bond donors (Lipinski definition) is 1. The summed E-state index contributed by atoms with van der Waals surface area (Å²) < 4.78 is 26.4. The molecule has 2 aromatic carbocycles. The van der Waals surface area contributed by atoms with E-state index in [-0.39, 0.29) is 0 Å². The molecule has 0 heterocycles. The Hall–Kier alpha value is -1.39. The largest absolute Gasteiger partial charge is 0.389 e. The molecule has 1 unspecified atom stereocenters. The zero-order valence-electron chi connectivity index (χ0n) is 9.73. The first-order chi connectivity index (χ1) is 8.58. The van der Waals surface area contributed by atoms with Gasteiger partial charge in [0.05, 0.1) is 6.10 Å². The van der Waals surface area contributed by atoms with Gasteiger partial charge < -0.3 is 5.11 Å². The monoisotopic (exact) mass is 266 g/mol. The summed E-state index contributed by atoms with van der Waals surface area (Å²) in [6, 6.07) is 10.7. The fourth-order valence-corrected chi connectivity index (χ4v) is 2.63. The molecular formula is C14H12F2OS. The Morgan fingerprint density at radius 2 is 1.78 bits per heavy atom. The summed E-state index contributed by atoms with van der Waals surface area (Å²) in [6.07, 6.45) is -0.628. The first-order valence-corrected chi connectivity index (χ1v) is 6.29. The normalized spacial score (nSPS) is 12.4. The maximum atomic E-state index is 13.5. The van der Waals surface area contributed by atoms with E-state index in [2.05, 4.69) is 0 Å². The molecule has 4 heteroatoms. The van der Waals surface area contributed by atoms with Crippen LogP contribution in [0, 0.1) is 11.6 Å². The molecule has 0 saturated carbocycles. The summed E-state index contributed by atoms with van der Waals surface area (Å²) in [4.78, 5) is 1.10. The Labute approximate surface area is 108 Å². The minimum atomic E-state index is -0.628. The lowest BCUT2D eigenvalue weighted by molar-refractivity contribution is 0.196. The Balaban J connectivity index is 2.34. The lowest BCUT2D eigenvalue weighted by Crippen LogP contribution is -1.94. The van der Waals surface area contributed by atoms with Crippen LogP contribution in [0.15, 0.2) is 52.3 Å². The molecule has 0 aliphatic carbocycles. The van der Waals surface area contributed by atoms with Crippen LogP contribution in [0.25, 0.3) is 0 Å². The number of halogens is 2. The second-order valence-electron chi connectivity index (χ2n) is 3.89. The average molecular weight is 266 g/mol. The highest BCUT2D eigenvalue weighted by Crippen LogP contribution is 2.34. The maximum absolute atomic E-state index is 13.5. The third kappa shape index (κ3) is 2.89. The van der Waals surface area contributed by atoms with Crippen LogP contribution < -0.4 is 0 Å². The third-order valence-corrected chi connectivity index (χ3v) is 3.63. The fraction of sp³-hybridized carbons (Fsp3) is 0.143. The van der Waals surface area contributed by atoms with Crippen molar-refractivity contribution in [2.45, 2.75) is 22.8 Å². The molecule has 2 rings (SSSR count). The SMILES string of the molecule is CC(O)c1ccccc1Sc1ccc(F)cc1F. The van der Waals surface area contributed by atoms with Gasteiger partial charge in [0.15, 0.2) is 0 Å². The van der Waals surface area contributed by atoms with Gasteiger partial charge in [-0.3, -0.25) is 0 Å². The quantitative estimate of drug-likeness (QED) is 0.899. The molecule has 1 N–H and O–H groups in total. The molecule has 1 atom stereocenters. The Kier molecular flexibility index (Phi) is 3.99. The summed E-state index contributed by atoms with van der Waals surface area (Å²) in [5, 5.41) is 9.63. The van der Waals surface area contributed by atoms with Crippen molar-refractivity contribution in [2.75, 3.05) is 0 Å². The Morgan fingerprint density at radius 1 is 1.06 bits per heavy atom. The Morgan fingerprint density at radius 3 is 2.44 bits per heavy atom. The summed E-state index contributed by atoms with van der Waals surface area (Å²) in [5.74, 6) is -1.19. The second kappa shape index (κ2) is 5.50. The van der Waals surface area contributed by atoms with Crippen molar-refractivity contribution in [2.24, 2.45) is 0 Å². The predicted octanol–water partition coefficient (Wildman–Crippen LogP) is 4.17. The summed E-state index contributed by atoms with van der Waals surface area (Å²) in [5.41, 5.74) is 0.728. The molecule has 0 spiro atoms. The molecule has 0 radical (unpaired) electrons. The number of aliphatic hydroxyl groups excluding tert-OH is 1. The molecule has 1 nitrogen and oxygen atoms in total. The highest BCUT2D eigenvalue weighted by molar-refractivity contribution is 7.99. The zero-order valence-corrected chi connectivity index (χ0v) is 10.5. The van der Waals surface area contributed by atoms with Crippen LogP contribution in [-0.2, 0) is 0 Å². The number of benzene rings is 2. The molecule has 0 amide bonds. The molecule has 0 aromatic heterocycles. The minimum absolute atomic E-state index is 0.338. The number of hydrogen-bond acceptors (Lipinski definition) is 2. The molecule has 0 saturated heterocycles. The first-order valence-electron chi connectivity index (χ1n) is 5.48. The number of rotatable bonds is 3. The van der Waals surface area contributed by atoms with Gasteiger partial charge in [0.1, 0.15) is 11.6 Å².